The molecule has 29 heavy (non-hydrogen) atoms. The molecule has 2 nitrogen and oxygen atoms in total. The monoisotopic (exact) mass is 401 g/mol. The lowest BCUT2D eigenvalue weighted by molar-refractivity contribution is -0.0219. The van der Waals surface area contributed by atoms with Gasteiger partial charge < -0.3 is 10.0 Å². The molecule has 0 radical (unpaired) electrons. The van der Waals surface area contributed by atoms with Gasteiger partial charge in [0, 0.05) is 12.6 Å². The van der Waals surface area contributed by atoms with E-state index in [4.69, 9.17) is 0 Å². The van der Waals surface area contributed by atoms with Gasteiger partial charge in [0.2, 0.25) is 0 Å². The molecule has 0 amide bonds. The maximum absolute atomic E-state index is 12.7. The molecule has 0 unspecified atom stereocenters. The molecule has 4 rings (SSSR count). The van der Waals surface area contributed by atoms with Crippen LogP contribution in [-0.2, 0) is 0 Å². The summed E-state index contributed by atoms with van der Waals surface area (Å²) in [4.78, 5) is 2.39. The van der Waals surface area contributed by atoms with Gasteiger partial charge in [0.15, 0.2) is 8.07 Å². The van der Waals surface area contributed by atoms with Gasteiger partial charge in [-0.3, -0.25) is 0 Å². The molecule has 0 bridgehead atoms. The number of aliphatic hydroxyl groups is 1. The Morgan fingerprint density at radius 3 is 1.52 bits per heavy atom. The fourth-order valence-corrected chi connectivity index (χ4v) is 11.4. The standard InChI is InChI=1S/C26H31NOSi/c1-21-20-27(3)22(2)19-26(21,28)29(23-13-7-4-8-14-23,24-15-9-5-10-16-24)25-17-11-6-12-18-25/h4-18,21-22,28H,19-20H2,1-3H3/t21-,22-,26-/m1/s1. The lowest BCUT2D eigenvalue weighted by Crippen LogP contribution is -2.83. The van der Waals surface area contributed by atoms with Crippen molar-refractivity contribution in [2.75, 3.05) is 13.6 Å². The van der Waals surface area contributed by atoms with Crippen molar-refractivity contribution in [3.63, 3.8) is 0 Å². The average molecular weight is 402 g/mol. The molecule has 3 aromatic carbocycles. The molecule has 3 aromatic rings. The molecule has 1 aliphatic heterocycles. The number of likely N-dealkylation sites (tertiary alicyclic amines) is 1. The van der Waals surface area contributed by atoms with Gasteiger partial charge in [0.1, 0.15) is 0 Å². The van der Waals surface area contributed by atoms with E-state index in [2.05, 4.69) is 117 Å². The first kappa shape index (κ1) is 20.1. The van der Waals surface area contributed by atoms with Crippen molar-refractivity contribution in [2.24, 2.45) is 5.92 Å². The number of nitrogens with zero attached hydrogens (tertiary/aromatic N) is 1. The topological polar surface area (TPSA) is 23.5 Å². The van der Waals surface area contributed by atoms with Crippen LogP contribution < -0.4 is 15.6 Å². The second-order valence-electron chi connectivity index (χ2n) is 8.67. The fraction of sp³-hybridized carbons (Fsp3) is 0.308. The Bertz CT molecular complexity index is 834. The summed E-state index contributed by atoms with van der Waals surface area (Å²) in [6, 6.07) is 32.7. The van der Waals surface area contributed by atoms with Crippen molar-refractivity contribution in [3.8, 4) is 0 Å². The van der Waals surface area contributed by atoms with Crippen molar-refractivity contribution in [1.82, 2.24) is 4.90 Å². The second-order valence-corrected chi connectivity index (χ2v) is 12.8. The highest BCUT2D eigenvalue weighted by Gasteiger charge is 2.60. The zero-order chi connectivity index (χ0) is 20.5. The molecule has 3 heteroatoms. The average Bonchev–Trinajstić information content (AvgIpc) is 2.75. The summed E-state index contributed by atoms with van der Waals surface area (Å²) < 4.78 is 0. The minimum atomic E-state index is -2.75. The molecule has 1 aliphatic rings. The molecule has 1 saturated heterocycles. The first-order valence-electron chi connectivity index (χ1n) is 10.6. The van der Waals surface area contributed by atoms with E-state index in [1.807, 2.05) is 0 Å². The Labute approximate surface area is 175 Å². The van der Waals surface area contributed by atoms with Gasteiger partial charge in [0.05, 0.1) is 5.22 Å². The van der Waals surface area contributed by atoms with E-state index in [0.717, 1.165) is 13.0 Å². The van der Waals surface area contributed by atoms with E-state index in [9.17, 15) is 5.11 Å². The van der Waals surface area contributed by atoms with Gasteiger partial charge in [-0.2, -0.15) is 0 Å². The van der Waals surface area contributed by atoms with Crippen LogP contribution in [0.3, 0.4) is 0 Å². The van der Waals surface area contributed by atoms with Gasteiger partial charge in [-0.25, -0.2) is 0 Å². The van der Waals surface area contributed by atoms with E-state index in [-0.39, 0.29) is 5.92 Å². The zero-order valence-electron chi connectivity index (χ0n) is 17.6. The third-order valence-electron chi connectivity index (χ3n) is 7.01. The van der Waals surface area contributed by atoms with Gasteiger partial charge in [-0.15, -0.1) is 0 Å². The Hall–Kier alpha value is -2.20. The summed E-state index contributed by atoms with van der Waals surface area (Å²) in [5.41, 5.74) is 0. The predicted octanol–water partition coefficient (Wildman–Crippen LogP) is 2.79. The van der Waals surface area contributed by atoms with Gasteiger partial charge in [-0.05, 0) is 41.9 Å². The molecule has 1 heterocycles. The SMILES string of the molecule is C[C@@H]1C[C@@](O)([Si](c2ccccc2)(c2ccccc2)c2ccccc2)[C@H](C)CN1C. The molecular formula is C26H31NOSi. The second kappa shape index (κ2) is 7.90. The molecule has 0 aliphatic carbocycles. The van der Waals surface area contributed by atoms with Crippen LogP contribution in [-0.4, -0.2) is 42.9 Å². The summed E-state index contributed by atoms with van der Waals surface area (Å²) in [5.74, 6) is 0.163. The third kappa shape index (κ3) is 3.18. The Morgan fingerprint density at radius 2 is 1.14 bits per heavy atom. The van der Waals surface area contributed by atoms with Crippen LogP contribution >= 0.6 is 0 Å². The molecule has 0 saturated carbocycles. The minimum Gasteiger partial charge on any atom is -0.392 e. The van der Waals surface area contributed by atoms with Crippen LogP contribution in [0.1, 0.15) is 20.3 Å². The highest BCUT2D eigenvalue weighted by atomic mass is 28.3. The number of rotatable bonds is 4. The van der Waals surface area contributed by atoms with E-state index in [1.54, 1.807) is 0 Å². The first-order chi connectivity index (χ1) is 14.0. The minimum absolute atomic E-state index is 0.163. The highest BCUT2D eigenvalue weighted by Crippen LogP contribution is 2.38. The predicted molar refractivity (Wildman–Crippen MR) is 125 cm³/mol. The zero-order valence-corrected chi connectivity index (χ0v) is 18.6. The van der Waals surface area contributed by atoms with Crippen molar-refractivity contribution in [2.45, 2.75) is 31.5 Å². The summed E-state index contributed by atoms with van der Waals surface area (Å²) in [6.45, 7) is 5.38. The molecular weight excluding hydrogens is 370 g/mol. The smallest absolute Gasteiger partial charge is 0.183 e. The highest BCUT2D eigenvalue weighted by molar-refractivity contribution is 7.13. The summed E-state index contributed by atoms with van der Waals surface area (Å²) >= 11 is 0. The van der Waals surface area contributed by atoms with Crippen molar-refractivity contribution in [3.05, 3.63) is 91.0 Å². The van der Waals surface area contributed by atoms with Crippen molar-refractivity contribution >= 4 is 23.6 Å². The molecule has 150 valence electrons. The number of benzene rings is 3. The molecule has 0 aromatic heterocycles. The van der Waals surface area contributed by atoms with Gasteiger partial charge >= 0.3 is 0 Å². The summed E-state index contributed by atoms with van der Waals surface area (Å²) in [6.07, 6.45) is 0.773. The maximum Gasteiger partial charge on any atom is 0.183 e. The number of hydrogen-bond acceptors (Lipinski definition) is 2. The number of piperidine rings is 1. The lowest BCUT2D eigenvalue weighted by atomic mass is 9.91. The fourth-order valence-electron chi connectivity index (χ4n) is 5.41. The molecule has 1 fully saturated rings. The number of hydrogen-bond donors (Lipinski definition) is 1. The van der Waals surface area contributed by atoms with Gasteiger partial charge in [0.25, 0.3) is 0 Å². The van der Waals surface area contributed by atoms with Crippen LogP contribution in [0.4, 0.5) is 0 Å². The van der Waals surface area contributed by atoms with Crippen LogP contribution in [0.2, 0.25) is 0 Å². The summed E-state index contributed by atoms with van der Waals surface area (Å²) in [7, 11) is -0.575. The van der Waals surface area contributed by atoms with E-state index >= 15 is 0 Å². The lowest BCUT2D eigenvalue weighted by Gasteiger charge is -2.55. The first-order valence-corrected chi connectivity index (χ1v) is 12.6. The van der Waals surface area contributed by atoms with Crippen molar-refractivity contribution < 1.29 is 5.11 Å². The van der Waals surface area contributed by atoms with E-state index in [0.29, 0.717) is 6.04 Å². The van der Waals surface area contributed by atoms with Crippen LogP contribution in [0.5, 0.6) is 0 Å². The quantitative estimate of drug-likeness (QED) is 0.537. The Balaban J connectivity index is 2.09. The molecule has 3 atom stereocenters. The van der Waals surface area contributed by atoms with Gasteiger partial charge in [-0.1, -0.05) is 97.9 Å². The Morgan fingerprint density at radius 1 is 0.759 bits per heavy atom. The normalized spacial score (nSPS) is 25.7. The summed E-state index contributed by atoms with van der Waals surface area (Å²) in [5, 5.41) is 15.8. The Kier molecular flexibility index (Phi) is 5.47. The van der Waals surface area contributed by atoms with E-state index < -0.39 is 13.3 Å². The molecule has 0 spiro atoms. The largest absolute Gasteiger partial charge is 0.392 e. The van der Waals surface area contributed by atoms with Crippen LogP contribution in [0.15, 0.2) is 91.0 Å². The third-order valence-corrected chi connectivity index (χ3v) is 12.6. The molecule has 1 N–H and O–H groups in total. The van der Waals surface area contributed by atoms with Crippen molar-refractivity contribution in [1.29, 1.82) is 0 Å². The maximum atomic E-state index is 12.7. The van der Waals surface area contributed by atoms with Crippen LogP contribution in [0, 0.1) is 5.92 Å². The van der Waals surface area contributed by atoms with E-state index in [1.165, 1.54) is 15.6 Å². The van der Waals surface area contributed by atoms with Crippen LogP contribution in [0.25, 0.3) is 0 Å².